The van der Waals surface area contributed by atoms with Gasteiger partial charge in [0.15, 0.2) is 0 Å². The molecule has 22 heavy (non-hydrogen) atoms. The van der Waals surface area contributed by atoms with Crippen LogP contribution in [-0.4, -0.2) is 27.5 Å². The molecule has 0 saturated carbocycles. The van der Waals surface area contributed by atoms with Crippen molar-refractivity contribution >= 4 is 23.5 Å². The molecule has 1 aliphatic rings. The molecule has 116 valence electrons. The first-order chi connectivity index (χ1) is 10.5. The van der Waals surface area contributed by atoms with Crippen LogP contribution in [0.1, 0.15) is 30.2 Å². The highest BCUT2D eigenvalue weighted by atomic mass is 32.2. The molecule has 1 amide bonds. The van der Waals surface area contributed by atoms with E-state index in [9.17, 15) is 4.79 Å². The van der Waals surface area contributed by atoms with E-state index < -0.39 is 0 Å². The van der Waals surface area contributed by atoms with Gasteiger partial charge in [-0.15, -0.1) is 11.8 Å². The van der Waals surface area contributed by atoms with Crippen LogP contribution < -0.4 is 10.1 Å². The number of anilines is 1. The smallest absolute Gasteiger partial charge is 0.235 e. The summed E-state index contributed by atoms with van der Waals surface area (Å²) in [7, 11) is 1.84. The van der Waals surface area contributed by atoms with E-state index in [2.05, 4.69) is 22.5 Å². The number of rotatable bonds is 3. The molecule has 0 saturated heterocycles. The van der Waals surface area contributed by atoms with E-state index in [4.69, 9.17) is 4.74 Å². The Balaban J connectivity index is 1.92. The second-order valence-corrected chi connectivity index (χ2v) is 6.64. The molecule has 1 N–H and O–H groups in total. The van der Waals surface area contributed by atoms with Crippen molar-refractivity contribution in [3.8, 4) is 5.75 Å². The van der Waals surface area contributed by atoms with Crippen molar-refractivity contribution in [1.29, 1.82) is 0 Å². The van der Waals surface area contributed by atoms with Gasteiger partial charge in [0.25, 0.3) is 0 Å². The summed E-state index contributed by atoms with van der Waals surface area (Å²) in [6.45, 7) is 4.02. The third kappa shape index (κ3) is 2.97. The first-order valence-electron chi connectivity index (χ1n) is 7.24. The van der Waals surface area contributed by atoms with Gasteiger partial charge in [-0.2, -0.15) is 5.10 Å². The lowest BCUT2D eigenvalue weighted by Crippen LogP contribution is -2.15. The van der Waals surface area contributed by atoms with Crippen LogP contribution in [0.5, 0.6) is 5.75 Å². The van der Waals surface area contributed by atoms with Gasteiger partial charge >= 0.3 is 0 Å². The maximum atomic E-state index is 11.9. The highest BCUT2D eigenvalue weighted by Gasteiger charge is 2.26. The number of carbonyl (C=O) groups is 1. The molecular formula is C16H19N3O2S. The number of amides is 1. The number of fused-ring (bicyclic) bond motifs is 1. The molecule has 1 atom stereocenters. The fraction of sp³-hybridized carbons (Fsp3) is 0.375. The van der Waals surface area contributed by atoms with E-state index in [1.807, 2.05) is 39.2 Å². The number of benzene rings is 1. The normalized spacial score (nSPS) is 17.8. The van der Waals surface area contributed by atoms with E-state index in [0.29, 0.717) is 5.75 Å². The van der Waals surface area contributed by atoms with Gasteiger partial charge in [-0.05, 0) is 31.5 Å². The summed E-state index contributed by atoms with van der Waals surface area (Å²) in [5.74, 6) is 2.08. The SMILES string of the molecule is CC(C)Oc1ccc(C2SCC(=O)Nc3c2cnn3C)cc1. The number of aryl methyl sites for hydroxylation is 1. The van der Waals surface area contributed by atoms with Crippen molar-refractivity contribution in [2.24, 2.45) is 7.05 Å². The molecule has 0 radical (unpaired) electrons. The highest BCUT2D eigenvalue weighted by molar-refractivity contribution is 8.00. The lowest BCUT2D eigenvalue weighted by molar-refractivity contribution is -0.113. The standard InChI is InChI=1S/C16H19N3O2S/c1-10(2)21-12-6-4-11(5-7-12)15-13-8-17-19(3)16(13)18-14(20)9-22-15/h4-8,10,15H,9H2,1-3H3,(H,18,20). The molecule has 1 unspecified atom stereocenters. The summed E-state index contributed by atoms with van der Waals surface area (Å²) in [6, 6.07) is 8.07. The van der Waals surface area contributed by atoms with Crippen LogP contribution in [0, 0.1) is 0 Å². The summed E-state index contributed by atoms with van der Waals surface area (Å²) in [5.41, 5.74) is 2.18. The number of thioether (sulfide) groups is 1. The van der Waals surface area contributed by atoms with Crippen molar-refractivity contribution < 1.29 is 9.53 Å². The van der Waals surface area contributed by atoms with E-state index in [1.165, 1.54) is 0 Å². The average Bonchev–Trinajstić information content (AvgIpc) is 2.73. The maximum absolute atomic E-state index is 11.9. The van der Waals surface area contributed by atoms with E-state index in [-0.39, 0.29) is 17.3 Å². The Morgan fingerprint density at radius 2 is 2.09 bits per heavy atom. The Morgan fingerprint density at radius 1 is 1.36 bits per heavy atom. The fourth-order valence-electron chi connectivity index (χ4n) is 2.49. The minimum absolute atomic E-state index is 0.0112. The quantitative estimate of drug-likeness (QED) is 0.945. The second-order valence-electron chi connectivity index (χ2n) is 5.55. The lowest BCUT2D eigenvalue weighted by Gasteiger charge is -2.15. The Labute approximate surface area is 134 Å². The van der Waals surface area contributed by atoms with E-state index in [1.54, 1.807) is 16.4 Å². The summed E-state index contributed by atoms with van der Waals surface area (Å²) >= 11 is 1.61. The average molecular weight is 317 g/mol. The van der Waals surface area contributed by atoms with Crippen molar-refractivity contribution in [1.82, 2.24) is 9.78 Å². The first-order valence-corrected chi connectivity index (χ1v) is 8.29. The molecule has 1 aromatic carbocycles. The van der Waals surface area contributed by atoms with Gasteiger partial charge in [-0.1, -0.05) is 12.1 Å². The van der Waals surface area contributed by atoms with Crippen LogP contribution >= 0.6 is 11.8 Å². The van der Waals surface area contributed by atoms with Gasteiger partial charge in [0.05, 0.1) is 23.3 Å². The first kappa shape index (κ1) is 15.0. The van der Waals surface area contributed by atoms with Gasteiger partial charge in [0.2, 0.25) is 5.91 Å². The number of ether oxygens (including phenoxy) is 1. The third-order valence-electron chi connectivity index (χ3n) is 3.44. The van der Waals surface area contributed by atoms with Gasteiger partial charge in [-0.25, -0.2) is 0 Å². The molecule has 2 aromatic rings. The molecular weight excluding hydrogens is 298 g/mol. The zero-order chi connectivity index (χ0) is 15.7. The Kier molecular flexibility index (Phi) is 4.11. The molecule has 6 heteroatoms. The summed E-state index contributed by atoms with van der Waals surface area (Å²) < 4.78 is 7.39. The molecule has 0 spiro atoms. The molecule has 1 aromatic heterocycles. The van der Waals surface area contributed by atoms with Gasteiger partial charge < -0.3 is 10.1 Å². The molecule has 5 nitrogen and oxygen atoms in total. The number of nitrogens with one attached hydrogen (secondary N) is 1. The fourth-order valence-corrected chi connectivity index (χ4v) is 3.58. The highest BCUT2D eigenvalue weighted by Crippen LogP contribution is 2.41. The predicted molar refractivity (Wildman–Crippen MR) is 88.3 cm³/mol. The van der Waals surface area contributed by atoms with Crippen LogP contribution in [0.25, 0.3) is 0 Å². The van der Waals surface area contributed by atoms with Gasteiger partial charge in [0.1, 0.15) is 11.6 Å². The van der Waals surface area contributed by atoms with Gasteiger partial charge in [-0.3, -0.25) is 9.48 Å². The van der Waals surface area contributed by atoms with Crippen LogP contribution in [-0.2, 0) is 11.8 Å². The zero-order valence-electron chi connectivity index (χ0n) is 12.9. The molecule has 0 aliphatic carbocycles. The van der Waals surface area contributed by atoms with Crippen molar-refractivity contribution in [2.75, 3.05) is 11.1 Å². The number of aromatic nitrogens is 2. The topological polar surface area (TPSA) is 56.1 Å². The minimum atomic E-state index is 0.0112. The van der Waals surface area contributed by atoms with Crippen molar-refractivity contribution in [2.45, 2.75) is 25.2 Å². The summed E-state index contributed by atoms with van der Waals surface area (Å²) in [5, 5.41) is 7.29. The molecule has 0 fully saturated rings. The number of hydrogen-bond donors (Lipinski definition) is 1. The Morgan fingerprint density at radius 3 is 2.77 bits per heavy atom. The van der Waals surface area contributed by atoms with E-state index in [0.717, 1.165) is 22.7 Å². The van der Waals surface area contributed by atoms with Crippen LogP contribution in [0.15, 0.2) is 30.5 Å². The largest absolute Gasteiger partial charge is 0.491 e. The van der Waals surface area contributed by atoms with Crippen LogP contribution in [0.3, 0.4) is 0 Å². The summed E-state index contributed by atoms with van der Waals surface area (Å²) in [6.07, 6.45) is 1.99. The van der Waals surface area contributed by atoms with E-state index >= 15 is 0 Å². The minimum Gasteiger partial charge on any atom is -0.491 e. The van der Waals surface area contributed by atoms with Crippen LogP contribution in [0.2, 0.25) is 0 Å². The van der Waals surface area contributed by atoms with Gasteiger partial charge in [0, 0.05) is 12.6 Å². The number of carbonyl (C=O) groups excluding carboxylic acids is 1. The Hall–Kier alpha value is -1.95. The monoisotopic (exact) mass is 317 g/mol. The molecule has 3 rings (SSSR count). The lowest BCUT2D eigenvalue weighted by atomic mass is 10.1. The Bertz CT molecular complexity index is 679. The zero-order valence-corrected chi connectivity index (χ0v) is 13.7. The summed E-state index contributed by atoms with van der Waals surface area (Å²) in [4.78, 5) is 11.9. The van der Waals surface area contributed by atoms with Crippen molar-refractivity contribution in [3.05, 3.63) is 41.6 Å². The number of hydrogen-bond acceptors (Lipinski definition) is 4. The van der Waals surface area contributed by atoms with Crippen molar-refractivity contribution in [3.63, 3.8) is 0 Å². The third-order valence-corrected chi connectivity index (χ3v) is 4.73. The number of nitrogens with zero attached hydrogens (tertiary/aromatic N) is 2. The molecule has 2 heterocycles. The predicted octanol–water partition coefficient (Wildman–Crippen LogP) is 2.98. The maximum Gasteiger partial charge on any atom is 0.235 e. The second kappa shape index (κ2) is 6.04. The molecule has 0 bridgehead atoms. The van der Waals surface area contributed by atoms with Crippen LogP contribution in [0.4, 0.5) is 5.82 Å². The molecule has 1 aliphatic heterocycles.